The summed E-state index contributed by atoms with van der Waals surface area (Å²) in [4.78, 5) is 41.9. The molecule has 3 aromatic heterocycles. The van der Waals surface area contributed by atoms with E-state index in [-0.39, 0.29) is 17.9 Å². The molecular weight excluding hydrogens is 484 g/mol. The highest BCUT2D eigenvalue weighted by molar-refractivity contribution is 5.97. The van der Waals surface area contributed by atoms with E-state index in [1.165, 1.54) is 6.33 Å². The van der Waals surface area contributed by atoms with E-state index in [0.29, 0.717) is 55.3 Å². The van der Waals surface area contributed by atoms with Gasteiger partial charge in [0.2, 0.25) is 5.91 Å². The third kappa shape index (κ3) is 4.83. The number of anilines is 1. The lowest BCUT2D eigenvalue weighted by Gasteiger charge is -2.27. The Morgan fingerprint density at radius 2 is 2.05 bits per heavy atom. The SMILES string of the molecule is O=C(NCCCN1CCCC1=O)c1cc(OCC2CCCN2c2ccnc3ncnn23)c2ccccc2n1. The zero-order valence-electron chi connectivity index (χ0n) is 21.1. The Kier molecular flexibility index (Phi) is 6.72. The Labute approximate surface area is 219 Å². The summed E-state index contributed by atoms with van der Waals surface area (Å²) in [7, 11) is 0. The van der Waals surface area contributed by atoms with Crippen LogP contribution in [0.3, 0.4) is 0 Å². The Morgan fingerprint density at radius 3 is 2.95 bits per heavy atom. The number of amides is 2. The lowest BCUT2D eigenvalue weighted by molar-refractivity contribution is -0.127. The normalized spacial score (nSPS) is 17.6. The molecule has 5 heterocycles. The third-order valence-corrected chi connectivity index (χ3v) is 7.24. The van der Waals surface area contributed by atoms with Gasteiger partial charge in [-0.25, -0.2) is 9.97 Å². The van der Waals surface area contributed by atoms with Gasteiger partial charge >= 0.3 is 0 Å². The van der Waals surface area contributed by atoms with E-state index in [2.05, 4.69) is 30.3 Å². The first kappa shape index (κ1) is 24.1. The van der Waals surface area contributed by atoms with E-state index in [1.807, 2.05) is 35.2 Å². The van der Waals surface area contributed by atoms with Crippen molar-refractivity contribution in [2.45, 2.75) is 38.1 Å². The van der Waals surface area contributed by atoms with Crippen molar-refractivity contribution >= 4 is 34.3 Å². The van der Waals surface area contributed by atoms with Crippen LogP contribution in [-0.4, -0.2) is 80.1 Å². The molecular formula is C27H30N8O3. The van der Waals surface area contributed by atoms with Gasteiger partial charge in [0.25, 0.3) is 11.7 Å². The third-order valence-electron chi connectivity index (χ3n) is 7.24. The van der Waals surface area contributed by atoms with Gasteiger partial charge in [0.15, 0.2) is 0 Å². The number of fused-ring (bicyclic) bond motifs is 2. The van der Waals surface area contributed by atoms with Crippen LogP contribution in [0.15, 0.2) is 48.9 Å². The van der Waals surface area contributed by atoms with Crippen LogP contribution in [0.4, 0.5) is 5.82 Å². The molecule has 0 radical (unpaired) electrons. The summed E-state index contributed by atoms with van der Waals surface area (Å²) in [5.74, 6) is 2.09. The van der Waals surface area contributed by atoms with E-state index in [4.69, 9.17) is 4.74 Å². The molecule has 1 N–H and O–H groups in total. The fourth-order valence-corrected chi connectivity index (χ4v) is 5.32. The van der Waals surface area contributed by atoms with E-state index in [9.17, 15) is 9.59 Å². The second-order valence-electron chi connectivity index (χ2n) is 9.69. The molecule has 196 valence electrons. The Balaban J connectivity index is 1.15. The first-order valence-electron chi connectivity index (χ1n) is 13.2. The Bertz CT molecular complexity index is 1470. The number of aromatic nitrogens is 5. The number of carbonyl (C=O) groups excluding carboxylic acids is 2. The maximum absolute atomic E-state index is 13.0. The highest BCUT2D eigenvalue weighted by Gasteiger charge is 2.28. The van der Waals surface area contributed by atoms with Crippen molar-refractivity contribution < 1.29 is 14.3 Å². The van der Waals surface area contributed by atoms with Crippen LogP contribution in [-0.2, 0) is 4.79 Å². The number of benzene rings is 1. The van der Waals surface area contributed by atoms with Crippen LogP contribution in [0.5, 0.6) is 5.75 Å². The van der Waals surface area contributed by atoms with Crippen LogP contribution in [0.1, 0.15) is 42.6 Å². The van der Waals surface area contributed by atoms with Gasteiger partial charge < -0.3 is 19.9 Å². The number of nitrogens with zero attached hydrogens (tertiary/aromatic N) is 7. The smallest absolute Gasteiger partial charge is 0.270 e. The first-order chi connectivity index (χ1) is 18.7. The number of hydrogen-bond donors (Lipinski definition) is 1. The Morgan fingerprint density at radius 1 is 1.13 bits per heavy atom. The van der Waals surface area contributed by atoms with Gasteiger partial charge in [0.05, 0.1) is 11.6 Å². The van der Waals surface area contributed by atoms with Crippen LogP contribution in [0.25, 0.3) is 16.7 Å². The van der Waals surface area contributed by atoms with Crippen molar-refractivity contribution in [3.05, 3.63) is 54.6 Å². The summed E-state index contributed by atoms with van der Waals surface area (Å²) in [5, 5.41) is 8.14. The summed E-state index contributed by atoms with van der Waals surface area (Å²) in [6.45, 7) is 3.29. The number of ether oxygens (including phenoxy) is 1. The molecule has 1 unspecified atom stereocenters. The molecule has 2 aliphatic rings. The van der Waals surface area contributed by atoms with E-state index < -0.39 is 0 Å². The standard InChI is InChI=1S/C27H30N8O3/c36-25-9-4-13-33(25)14-5-11-28-26(37)22-16-23(20-7-1-2-8-21(20)32-22)38-17-19-6-3-15-34(19)24-10-12-29-27-30-18-31-35(24)27/h1-2,7-8,10,12,16,18-19H,3-6,9,11,13-15,17H2,(H,28,37). The van der Waals surface area contributed by atoms with Crippen molar-refractivity contribution in [3.63, 3.8) is 0 Å². The number of carbonyl (C=O) groups is 2. The average molecular weight is 515 g/mol. The molecule has 11 heteroatoms. The number of pyridine rings is 1. The number of para-hydroxylation sites is 1. The molecule has 1 atom stereocenters. The van der Waals surface area contributed by atoms with Gasteiger partial charge in [-0.05, 0) is 43.9 Å². The maximum Gasteiger partial charge on any atom is 0.270 e. The molecule has 4 aromatic rings. The van der Waals surface area contributed by atoms with Crippen molar-refractivity contribution in [1.29, 1.82) is 0 Å². The lowest BCUT2D eigenvalue weighted by Crippen LogP contribution is -2.35. The summed E-state index contributed by atoms with van der Waals surface area (Å²) in [6.07, 6.45) is 7.53. The van der Waals surface area contributed by atoms with Crippen LogP contribution < -0.4 is 15.0 Å². The van der Waals surface area contributed by atoms with E-state index >= 15 is 0 Å². The largest absolute Gasteiger partial charge is 0.491 e. The molecule has 1 aromatic carbocycles. The molecule has 11 nitrogen and oxygen atoms in total. The lowest BCUT2D eigenvalue weighted by atomic mass is 10.1. The average Bonchev–Trinajstić information content (AvgIpc) is 3.70. The van der Waals surface area contributed by atoms with Gasteiger partial charge in [0, 0.05) is 50.2 Å². The number of likely N-dealkylation sites (tertiary alicyclic amines) is 1. The predicted molar refractivity (Wildman–Crippen MR) is 141 cm³/mol. The van der Waals surface area contributed by atoms with E-state index in [1.54, 1.807) is 16.8 Å². The van der Waals surface area contributed by atoms with Crippen molar-refractivity contribution in [1.82, 2.24) is 34.8 Å². The van der Waals surface area contributed by atoms with Crippen molar-refractivity contribution in [2.24, 2.45) is 0 Å². The predicted octanol–water partition coefficient (Wildman–Crippen LogP) is 2.46. The number of hydrogen-bond acceptors (Lipinski definition) is 8. The summed E-state index contributed by atoms with van der Waals surface area (Å²) in [5.41, 5.74) is 1.03. The quantitative estimate of drug-likeness (QED) is 0.339. The first-order valence-corrected chi connectivity index (χ1v) is 13.2. The second-order valence-corrected chi connectivity index (χ2v) is 9.69. The van der Waals surface area contributed by atoms with Gasteiger partial charge in [0.1, 0.15) is 30.2 Å². The molecule has 2 saturated heterocycles. The number of nitrogens with one attached hydrogen (secondary N) is 1. The molecule has 2 aliphatic heterocycles. The summed E-state index contributed by atoms with van der Waals surface area (Å²) < 4.78 is 8.13. The van der Waals surface area contributed by atoms with Crippen molar-refractivity contribution in [3.8, 4) is 5.75 Å². The highest BCUT2D eigenvalue weighted by atomic mass is 16.5. The minimum absolute atomic E-state index is 0.141. The molecule has 38 heavy (non-hydrogen) atoms. The van der Waals surface area contributed by atoms with Gasteiger partial charge in [-0.15, -0.1) is 0 Å². The van der Waals surface area contributed by atoms with Crippen LogP contribution in [0.2, 0.25) is 0 Å². The zero-order valence-corrected chi connectivity index (χ0v) is 21.1. The second kappa shape index (κ2) is 10.6. The van der Waals surface area contributed by atoms with E-state index in [0.717, 1.165) is 43.6 Å². The summed E-state index contributed by atoms with van der Waals surface area (Å²) >= 11 is 0. The highest BCUT2D eigenvalue weighted by Crippen LogP contribution is 2.29. The maximum atomic E-state index is 13.0. The van der Waals surface area contributed by atoms with Crippen LogP contribution >= 0.6 is 0 Å². The van der Waals surface area contributed by atoms with Gasteiger partial charge in [-0.1, -0.05) is 12.1 Å². The van der Waals surface area contributed by atoms with Gasteiger partial charge in [-0.2, -0.15) is 14.6 Å². The Hall–Kier alpha value is -4.28. The summed E-state index contributed by atoms with van der Waals surface area (Å²) in [6, 6.07) is 11.5. The molecule has 0 bridgehead atoms. The molecule has 0 aliphatic carbocycles. The molecule has 6 rings (SSSR count). The monoisotopic (exact) mass is 514 g/mol. The molecule has 2 fully saturated rings. The molecule has 2 amide bonds. The minimum Gasteiger partial charge on any atom is -0.491 e. The topological polar surface area (TPSA) is 118 Å². The van der Waals surface area contributed by atoms with Crippen molar-refractivity contribution in [2.75, 3.05) is 37.7 Å². The fourth-order valence-electron chi connectivity index (χ4n) is 5.32. The van der Waals surface area contributed by atoms with Gasteiger partial charge in [-0.3, -0.25) is 9.59 Å². The zero-order chi connectivity index (χ0) is 25.9. The molecule has 0 saturated carbocycles. The fraction of sp³-hybridized carbons (Fsp3) is 0.407. The van der Waals surface area contributed by atoms with Crippen LogP contribution in [0, 0.1) is 0 Å². The minimum atomic E-state index is -0.249. The molecule has 0 spiro atoms. The number of rotatable bonds is 9.